The number of hydrogen-bond donors (Lipinski definition) is 0. The van der Waals surface area contributed by atoms with Crippen LogP contribution in [-0.4, -0.2) is 29.0 Å². The lowest BCUT2D eigenvalue weighted by Gasteiger charge is -2.49. The summed E-state index contributed by atoms with van der Waals surface area (Å²) < 4.78 is 0. The third-order valence-corrected chi connectivity index (χ3v) is 4.73. The number of rotatable bonds is 4. The van der Waals surface area contributed by atoms with E-state index in [0.717, 1.165) is 24.3 Å². The van der Waals surface area contributed by atoms with Crippen molar-refractivity contribution in [3.05, 3.63) is 66.0 Å². The van der Waals surface area contributed by atoms with Gasteiger partial charge in [-0.15, -0.1) is 0 Å². The predicted octanol–water partition coefficient (Wildman–Crippen LogP) is 3.23. The average Bonchev–Trinajstić information content (AvgIpc) is 2.52. The first-order chi connectivity index (χ1) is 10.7. The summed E-state index contributed by atoms with van der Waals surface area (Å²) in [5, 5.41) is 10.1. The monoisotopic (exact) mass is 291 g/mol. The van der Waals surface area contributed by atoms with E-state index in [0.29, 0.717) is 6.04 Å². The molecule has 0 amide bonds. The lowest BCUT2D eigenvalue weighted by molar-refractivity contribution is 0.0414. The predicted molar refractivity (Wildman–Crippen MR) is 87.3 cm³/mol. The summed E-state index contributed by atoms with van der Waals surface area (Å²) >= 11 is 0. The Morgan fingerprint density at radius 2 is 1.82 bits per heavy atom. The molecule has 0 spiro atoms. The van der Waals surface area contributed by atoms with Crippen LogP contribution < -0.4 is 0 Å². The zero-order valence-electron chi connectivity index (χ0n) is 13.1. The summed E-state index contributed by atoms with van der Waals surface area (Å²) in [7, 11) is 0. The number of pyridine rings is 1. The summed E-state index contributed by atoms with van der Waals surface area (Å²) in [5.74, 6) is 0.275. The molecule has 112 valence electrons. The van der Waals surface area contributed by atoms with Crippen molar-refractivity contribution in [2.45, 2.75) is 25.3 Å². The maximum atomic E-state index is 10.1. The van der Waals surface area contributed by atoms with Gasteiger partial charge in [-0.3, -0.25) is 4.98 Å². The average molecular weight is 291 g/mol. The van der Waals surface area contributed by atoms with Crippen molar-refractivity contribution in [2.75, 3.05) is 13.1 Å². The largest absolute Gasteiger partial charge is 0.300 e. The maximum Gasteiger partial charge on any atom is 0.129 e. The van der Waals surface area contributed by atoms with Gasteiger partial charge in [0.1, 0.15) is 5.41 Å². The number of benzene rings is 1. The maximum absolute atomic E-state index is 10.1. The molecular weight excluding hydrogens is 270 g/mol. The molecule has 1 aliphatic rings. The summed E-state index contributed by atoms with van der Waals surface area (Å²) in [6, 6.07) is 19.1. The number of hydrogen-bond acceptors (Lipinski definition) is 3. The van der Waals surface area contributed by atoms with Crippen LogP contribution >= 0.6 is 0 Å². The Bertz CT molecular complexity index is 613. The number of likely N-dealkylation sites (tertiary alicyclic amines) is 1. The minimum Gasteiger partial charge on any atom is -0.300 e. The van der Waals surface area contributed by atoms with Gasteiger partial charge >= 0.3 is 0 Å². The van der Waals surface area contributed by atoms with Crippen LogP contribution in [0.25, 0.3) is 0 Å². The Morgan fingerprint density at radius 1 is 1.14 bits per heavy atom. The molecule has 1 unspecified atom stereocenters. The topological polar surface area (TPSA) is 39.9 Å². The molecule has 1 atom stereocenters. The lowest BCUT2D eigenvalue weighted by Crippen LogP contribution is -2.58. The van der Waals surface area contributed by atoms with Crippen molar-refractivity contribution in [1.29, 1.82) is 5.26 Å². The Balaban J connectivity index is 2.06. The Labute approximate surface area is 132 Å². The molecule has 3 rings (SSSR count). The van der Waals surface area contributed by atoms with E-state index >= 15 is 0 Å². The smallest absolute Gasteiger partial charge is 0.129 e. The molecule has 2 heterocycles. The van der Waals surface area contributed by atoms with Gasteiger partial charge in [-0.2, -0.15) is 5.26 Å². The zero-order chi connectivity index (χ0) is 15.6. The first-order valence-electron chi connectivity index (χ1n) is 7.81. The number of nitriles is 1. The van der Waals surface area contributed by atoms with Crippen LogP contribution in [0.1, 0.15) is 25.1 Å². The molecule has 3 heteroatoms. The molecule has 0 bridgehead atoms. The van der Waals surface area contributed by atoms with Crippen molar-refractivity contribution in [3.63, 3.8) is 0 Å². The van der Waals surface area contributed by atoms with E-state index in [1.807, 2.05) is 36.4 Å². The van der Waals surface area contributed by atoms with Gasteiger partial charge < -0.3 is 4.90 Å². The highest BCUT2D eigenvalue weighted by molar-refractivity contribution is 5.45. The van der Waals surface area contributed by atoms with Gasteiger partial charge in [0.05, 0.1) is 11.8 Å². The van der Waals surface area contributed by atoms with Crippen LogP contribution in [0.3, 0.4) is 0 Å². The normalized spacial score (nSPS) is 18.5. The summed E-state index contributed by atoms with van der Waals surface area (Å²) in [6.07, 6.45) is 1.78. The summed E-state index contributed by atoms with van der Waals surface area (Å²) in [6.45, 7) is 6.29. The third kappa shape index (κ3) is 2.30. The van der Waals surface area contributed by atoms with Crippen LogP contribution in [0, 0.1) is 17.2 Å². The molecule has 1 aromatic carbocycles. The molecule has 2 aromatic rings. The van der Waals surface area contributed by atoms with E-state index in [9.17, 15) is 5.26 Å². The molecule has 1 aromatic heterocycles. The van der Waals surface area contributed by atoms with Crippen molar-refractivity contribution < 1.29 is 0 Å². The minimum absolute atomic E-state index is 0.275. The molecule has 22 heavy (non-hydrogen) atoms. The second kappa shape index (κ2) is 5.90. The van der Waals surface area contributed by atoms with Gasteiger partial charge in [-0.05, 0) is 31.5 Å². The molecule has 1 aliphatic heterocycles. The lowest BCUT2D eigenvalue weighted by atomic mass is 9.65. The van der Waals surface area contributed by atoms with Gasteiger partial charge in [0.2, 0.25) is 0 Å². The van der Waals surface area contributed by atoms with Crippen molar-refractivity contribution >= 4 is 0 Å². The van der Waals surface area contributed by atoms with E-state index < -0.39 is 5.41 Å². The van der Waals surface area contributed by atoms with Crippen LogP contribution in [0.2, 0.25) is 0 Å². The van der Waals surface area contributed by atoms with Crippen LogP contribution in [0.5, 0.6) is 0 Å². The molecule has 1 saturated heterocycles. The third-order valence-electron chi connectivity index (χ3n) is 4.73. The minimum atomic E-state index is -0.659. The van der Waals surface area contributed by atoms with Crippen LogP contribution in [0.4, 0.5) is 0 Å². The Hall–Kier alpha value is -2.18. The summed E-state index contributed by atoms with van der Waals surface area (Å²) in [5.41, 5.74) is 1.25. The molecule has 0 aliphatic carbocycles. The molecule has 0 saturated carbocycles. The number of aromatic nitrogens is 1. The van der Waals surface area contributed by atoms with Gasteiger partial charge in [-0.25, -0.2) is 0 Å². The molecular formula is C19H21N3. The zero-order valence-corrected chi connectivity index (χ0v) is 13.1. The van der Waals surface area contributed by atoms with Crippen molar-refractivity contribution in [3.8, 4) is 6.07 Å². The van der Waals surface area contributed by atoms with Crippen LogP contribution in [0.15, 0.2) is 54.7 Å². The number of nitrogens with zero attached hydrogens (tertiary/aromatic N) is 3. The first kappa shape index (κ1) is 14.7. The highest BCUT2D eigenvalue weighted by Gasteiger charge is 2.49. The molecule has 3 nitrogen and oxygen atoms in total. The molecule has 0 radical (unpaired) electrons. The van der Waals surface area contributed by atoms with Gasteiger partial charge in [0, 0.05) is 31.2 Å². The van der Waals surface area contributed by atoms with Crippen molar-refractivity contribution in [2.24, 2.45) is 5.92 Å². The van der Waals surface area contributed by atoms with Gasteiger partial charge in [-0.1, -0.05) is 36.4 Å². The fourth-order valence-electron chi connectivity index (χ4n) is 3.31. The molecule has 0 N–H and O–H groups in total. The van der Waals surface area contributed by atoms with Gasteiger partial charge in [0.15, 0.2) is 0 Å². The van der Waals surface area contributed by atoms with E-state index in [4.69, 9.17) is 0 Å². The van der Waals surface area contributed by atoms with E-state index in [2.05, 4.69) is 41.9 Å². The molecule has 1 fully saturated rings. The fourth-order valence-corrected chi connectivity index (χ4v) is 3.31. The second-order valence-corrected chi connectivity index (χ2v) is 6.25. The van der Waals surface area contributed by atoms with E-state index in [1.54, 1.807) is 6.20 Å². The Kier molecular flexibility index (Phi) is 3.96. The SMILES string of the molecule is CC(C)N1CC(C(C#N)(c2ccccc2)c2ccccn2)C1. The first-order valence-corrected chi connectivity index (χ1v) is 7.81. The van der Waals surface area contributed by atoms with E-state index in [-0.39, 0.29) is 5.92 Å². The fraction of sp³-hybridized carbons (Fsp3) is 0.368. The second-order valence-electron chi connectivity index (χ2n) is 6.25. The standard InChI is InChI=1S/C19H21N3/c1-15(2)22-12-17(13-22)19(14-20,16-8-4-3-5-9-16)18-10-6-7-11-21-18/h3-11,15,17H,12-13H2,1-2H3. The Morgan fingerprint density at radius 3 is 2.36 bits per heavy atom. The quantitative estimate of drug-likeness (QED) is 0.868. The van der Waals surface area contributed by atoms with Gasteiger partial charge in [0.25, 0.3) is 0 Å². The van der Waals surface area contributed by atoms with E-state index in [1.165, 1.54) is 0 Å². The van der Waals surface area contributed by atoms with Crippen LogP contribution in [-0.2, 0) is 5.41 Å². The highest BCUT2D eigenvalue weighted by Crippen LogP contribution is 2.42. The van der Waals surface area contributed by atoms with Crippen molar-refractivity contribution in [1.82, 2.24) is 9.88 Å². The highest BCUT2D eigenvalue weighted by atomic mass is 15.2. The summed E-state index contributed by atoms with van der Waals surface area (Å²) in [4.78, 5) is 6.94.